The standard InChI is InChI=1S/C27H38ClN3O/c1-5-6-7-8-9-10-11-12-15-30(4)20-21-16-23(19-29-18-21)31-26(32)24-14-13-22(28)17-25(24)27(31,2)3/h13-14,16-19H,5-12,15,20H2,1-4H3. The zero-order valence-corrected chi connectivity index (χ0v) is 20.9. The zero-order valence-electron chi connectivity index (χ0n) is 20.2. The van der Waals surface area contributed by atoms with Gasteiger partial charge in [0.1, 0.15) is 0 Å². The highest BCUT2D eigenvalue weighted by Crippen LogP contribution is 2.42. The molecule has 0 saturated heterocycles. The first-order valence-corrected chi connectivity index (χ1v) is 12.5. The molecule has 0 radical (unpaired) electrons. The Morgan fingerprint density at radius 2 is 1.69 bits per heavy atom. The number of hydrogen-bond donors (Lipinski definition) is 0. The van der Waals surface area contributed by atoms with Gasteiger partial charge in [-0.05, 0) is 69.3 Å². The second-order valence-corrected chi connectivity index (χ2v) is 10.1. The van der Waals surface area contributed by atoms with E-state index in [0.29, 0.717) is 5.02 Å². The summed E-state index contributed by atoms with van der Waals surface area (Å²) in [7, 11) is 2.16. The third-order valence-electron chi connectivity index (χ3n) is 6.52. The third-order valence-corrected chi connectivity index (χ3v) is 6.75. The van der Waals surface area contributed by atoms with Gasteiger partial charge in [-0.1, -0.05) is 63.5 Å². The van der Waals surface area contributed by atoms with Gasteiger partial charge in [0.05, 0.1) is 17.4 Å². The predicted octanol–water partition coefficient (Wildman–Crippen LogP) is 7.20. The molecule has 3 rings (SSSR count). The summed E-state index contributed by atoms with van der Waals surface area (Å²) >= 11 is 6.22. The van der Waals surface area contributed by atoms with Crippen molar-refractivity contribution < 1.29 is 4.79 Å². The summed E-state index contributed by atoms with van der Waals surface area (Å²) in [5.41, 5.74) is 3.18. The van der Waals surface area contributed by atoms with Crippen LogP contribution in [0.2, 0.25) is 5.02 Å². The number of carbonyl (C=O) groups excluding carboxylic acids is 1. The number of carbonyl (C=O) groups is 1. The van der Waals surface area contributed by atoms with Crippen molar-refractivity contribution in [3.8, 4) is 0 Å². The average molecular weight is 456 g/mol. The molecule has 1 amide bonds. The molecule has 174 valence electrons. The molecule has 0 unspecified atom stereocenters. The number of pyridine rings is 1. The lowest BCUT2D eigenvalue weighted by Gasteiger charge is -2.32. The number of rotatable bonds is 12. The number of aromatic nitrogens is 1. The molecular formula is C27H38ClN3O. The van der Waals surface area contributed by atoms with E-state index in [-0.39, 0.29) is 5.91 Å². The van der Waals surface area contributed by atoms with Crippen molar-refractivity contribution in [3.63, 3.8) is 0 Å². The fraction of sp³-hybridized carbons (Fsp3) is 0.556. The Morgan fingerprint density at radius 1 is 1.00 bits per heavy atom. The Labute approximate surface area is 199 Å². The summed E-state index contributed by atoms with van der Waals surface area (Å²) in [4.78, 5) is 21.9. The Hall–Kier alpha value is -1.91. The SMILES string of the molecule is CCCCCCCCCCN(C)Cc1cncc(N2C(=O)c3ccc(Cl)cc3C2(C)C)c1. The molecule has 1 aliphatic rings. The Balaban J connectivity index is 1.56. The summed E-state index contributed by atoms with van der Waals surface area (Å²) in [6.45, 7) is 8.30. The van der Waals surface area contributed by atoms with Crippen LogP contribution >= 0.6 is 11.6 Å². The van der Waals surface area contributed by atoms with E-state index in [1.165, 1.54) is 51.4 Å². The van der Waals surface area contributed by atoms with Crippen molar-refractivity contribution >= 4 is 23.2 Å². The average Bonchev–Trinajstić information content (AvgIpc) is 2.95. The first-order chi connectivity index (χ1) is 15.3. The first-order valence-electron chi connectivity index (χ1n) is 12.1. The molecule has 0 atom stereocenters. The van der Waals surface area contributed by atoms with E-state index in [1.54, 1.807) is 12.3 Å². The van der Waals surface area contributed by atoms with Crippen LogP contribution in [0.25, 0.3) is 0 Å². The number of unbranched alkanes of at least 4 members (excludes halogenated alkanes) is 7. The highest BCUT2D eigenvalue weighted by Gasteiger charge is 2.44. The van der Waals surface area contributed by atoms with Crippen molar-refractivity contribution in [1.29, 1.82) is 0 Å². The molecule has 0 bridgehead atoms. The van der Waals surface area contributed by atoms with Gasteiger partial charge in [-0.15, -0.1) is 0 Å². The first kappa shape index (κ1) is 24.7. The molecule has 5 heteroatoms. The molecule has 2 aromatic rings. The summed E-state index contributed by atoms with van der Waals surface area (Å²) in [6.07, 6.45) is 14.4. The van der Waals surface area contributed by atoms with Crippen molar-refractivity contribution in [2.45, 2.75) is 84.2 Å². The second-order valence-electron chi connectivity index (χ2n) is 9.65. The minimum Gasteiger partial charge on any atom is -0.302 e. The summed E-state index contributed by atoms with van der Waals surface area (Å²) in [5.74, 6) is 0.00732. The summed E-state index contributed by atoms with van der Waals surface area (Å²) in [5, 5.41) is 0.654. The van der Waals surface area contributed by atoms with Gasteiger partial charge in [0, 0.05) is 23.3 Å². The molecule has 1 aromatic carbocycles. The molecule has 0 saturated carbocycles. The monoisotopic (exact) mass is 455 g/mol. The maximum absolute atomic E-state index is 13.2. The van der Waals surface area contributed by atoms with E-state index in [1.807, 2.05) is 23.2 Å². The maximum Gasteiger partial charge on any atom is 0.259 e. The van der Waals surface area contributed by atoms with E-state index in [2.05, 4.69) is 43.8 Å². The van der Waals surface area contributed by atoms with Crippen LogP contribution in [0.15, 0.2) is 36.7 Å². The number of halogens is 1. The molecule has 0 N–H and O–H groups in total. The quantitative estimate of drug-likeness (QED) is 0.317. The molecule has 2 heterocycles. The molecule has 32 heavy (non-hydrogen) atoms. The molecule has 4 nitrogen and oxygen atoms in total. The summed E-state index contributed by atoms with van der Waals surface area (Å²) in [6, 6.07) is 7.62. The zero-order chi connectivity index (χ0) is 23.1. The van der Waals surface area contributed by atoms with E-state index >= 15 is 0 Å². The lowest BCUT2D eigenvalue weighted by Crippen LogP contribution is -2.39. The number of benzene rings is 1. The second kappa shape index (κ2) is 11.3. The van der Waals surface area contributed by atoms with Crippen LogP contribution in [0.1, 0.15) is 93.6 Å². The van der Waals surface area contributed by atoms with Crippen LogP contribution in [0.3, 0.4) is 0 Å². The van der Waals surface area contributed by atoms with Crippen LogP contribution in [0, 0.1) is 0 Å². The van der Waals surface area contributed by atoms with E-state index in [0.717, 1.165) is 35.5 Å². The third kappa shape index (κ3) is 5.90. The fourth-order valence-electron chi connectivity index (χ4n) is 4.73. The van der Waals surface area contributed by atoms with E-state index in [9.17, 15) is 4.79 Å². The van der Waals surface area contributed by atoms with Crippen molar-refractivity contribution in [2.24, 2.45) is 0 Å². The number of anilines is 1. The largest absolute Gasteiger partial charge is 0.302 e. The topological polar surface area (TPSA) is 36.4 Å². The summed E-state index contributed by atoms with van der Waals surface area (Å²) < 4.78 is 0. The van der Waals surface area contributed by atoms with Crippen molar-refractivity contribution in [2.75, 3.05) is 18.5 Å². The van der Waals surface area contributed by atoms with Gasteiger partial charge in [-0.3, -0.25) is 14.7 Å². The maximum atomic E-state index is 13.2. The van der Waals surface area contributed by atoms with Crippen LogP contribution in [0.4, 0.5) is 5.69 Å². The molecular weight excluding hydrogens is 418 g/mol. The number of nitrogens with zero attached hydrogens (tertiary/aromatic N) is 3. The molecule has 1 aliphatic heterocycles. The minimum absolute atomic E-state index is 0.00732. The lowest BCUT2D eigenvalue weighted by molar-refractivity contribution is 0.0982. The molecule has 0 aliphatic carbocycles. The highest BCUT2D eigenvalue weighted by atomic mass is 35.5. The number of amides is 1. The lowest BCUT2D eigenvalue weighted by atomic mass is 9.93. The van der Waals surface area contributed by atoms with Gasteiger partial charge < -0.3 is 4.90 Å². The van der Waals surface area contributed by atoms with Crippen molar-refractivity contribution in [1.82, 2.24) is 9.88 Å². The van der Waals surface area contributed by atoms with Gasteiger partial charge in [0.15, 0.2) is 0 Å². The smallest absolute Gasteiger partial charge is 0.259 e. The van der Waals surface area contributed by atoms with Crippen LogP contribution in [0.5, 0.6) is 0 Å². The highest BCUT2D eigenvalue weighted by molar-refractivity contribution is 6.31. The Morgan fingerprint density at radius 3 is 2.41 bits per heavy atom. The molecule has 1 aromatic heterocycles. The molecule has 0 spiro atoms. The minimum atomic E-state index is -0.472. The van der Waals surface area contributed by atoms with Crippen LogP contribution in [-0.2, 0) is 12.1 Å². The normalized spacial score (nSPS) is 14.9. The number of fused-ring (bicyclic) bond motifs is 1. The van der Waals surface area contributed by atoms with E-state index in [4.69, 9.17) is 11.6 Å². The van der Waals surface area contributed by atoms with Crippen molar-refractivity contribution in [3.05, 3.63) is 58.4 Å². The predicted molar refractivity (Wildman–Crippen MR) is 134 cm³/mol. The van der Waals surface area contributed by atoms with Crippen LogP contribution < -0.4 is 4.90 Å². The Kier molecular flexibility index (Phi) is 8.72. The number of hydrogen-bond acceptors (Lipinski definition) is 3. The van der Waals surface area contributed by atoms with Gasteiger partial charge in [-0.25, -0.2) is 0 Å². The van der Waals surface area contributed by atoms with Crippen LogP contribution in [-0.4, -0.2) is 29.4 Å². The Bertz CT molecular complexity index is 912. The van der Waals surface area contributed by atoms with E-state index < -0.39 is 5.54 Å². The molecule has 0 fully saturated rings. The van der Waals surface area contributed by atoms with Gasteiger partial charge in [0.2, 0.25) is 0 Å². The fourth-order valence-corrected chi connectivity index (χ4v) is 4.90. The van der Waals surface area contributed by atoms with Gasteiger partial charge in [-0.2, -0.15) is 0 Å². The van der Waals surface area contributed by atoms with Gasteiger partial charge in [0.25, 0.3) is 5.91 Å². The van der Waals surface area contributed by atoms with Gasteiger partial charge >= 0.3 is 0 Å².